The average Bonchev–Trinajstić information content (AvgIpc) is 2.90. The molecule has 3 aromatic rings. The first-order valence-electron chi connectivity index (χ1n) is 7.11. The van der Waals surface area contributed by atoms with Gasteiger partial charge in [-0.25, -0.2) is 0 Å². The second kappa shape index (κ2) is 5.85. The number of methoxy groups -OCH3 is 1. The third-order valence-corrected chi connectivity index (χ3v) is 3.72. The van der Waals surface area contributed by atoms with Crippen LogP contribution in [0.2, 0.25) is 0 Å². The van der Waals surface area contributed by atoms with Crippen LogP contribution in [0.25, 0.3) is 10.9 Å². The van der Waals surface area contributed by atoms with Gasteiger partial charge in [0, 0.05) is 17.1 Å². The molecule has 0 atom stereocenters. The molecule has 0 radical (unpaired) electrons. The predicted molar refractivity (Wildman–Crippen MR) is 88.7 cm³/mol. The minimum absolute atomic E-state index is 0.249. The number of H-pyrrole nitrogens is 1. The molecule has 5 nitrogen and oxygen atoms in total. The number of hydrogen-bond donors (Lipinski definition) is 2. The number of para-hydroxylation sites is 1. The first-order valence-corrected chi connectivity index (χ1v) is 7.11. The number of aromatic nitrogens is 1. The standard InChI is InChI=1S/C18H15N3O2/c1-11-17(14-8-7-13(23-2)9-16(14)20-11)18(22)21-15-6-4-3-5-12(15)10-19/h3-9,20H,1-2H3,(H,21,22). The quantitative estimate of drug-likeness (QED) is 0.776. The van der Waals surface area contributed by atoms with Gasteiger partial charge in [0.2, 0.25) is 0 Å². The zero-order valence-corrected chi connectivity index (χ0v) is 12.8. The van der Waals surface area contributed by atoms with Crippen molar-refractivity contribution in [3.8, 4) is 11.8 Å². The highest BCUT2D eigenvalue weighted by atomic mass is 16.5. The van der Waals surface area contributed by atoms with Crippen molar-refractivity contribution in [1.82, 2.24) is 4.98 Å². The van der Waals surface area contributed by atoms with Gasteiger partial charge in [-0.3, -0.25) is 4.79 Å². The van der Waals surface area contributed by atoms with Gasteiger partial charge in [0.15, 0.2) is 0 Å². The molecular weight excluding hydrogens is 290 g/mol. The topological polar surface area (TPSA) is 77.9 Å². The van der Waals surface area contributed by atoms with E-state index in [1.54, 1.807) is 31.4 Å². The lowest BCUT2D eigenvalue weighted by Gasteiger charge is -2.07. The summed E-state index contributed by atoms with van der Waals surface area (Å²) in [6.45, 7) is 1.84. The van der Waals surface area contributed by atoms with Crippen molar-refractivity contribution in [3.05, 3.63) is 59.3 Å². The molecule has 2 aromatic carbocycles. The Balaban J connectivity index is 2.01. The SMILES string of the molecule is COc1ccc2c(C(=O)Nc3ccccc3C#N)c(C)[nH]c2c1. The fraction of sp³-hybridized carbons (Fsp3) is 0.111. The summed E-state index contributed by atoms with van der Waals surface area (Å²) in [5.74, 6) is 0.474. The number of ether oxygens (including phenoxy) is 1. The Morgan fingerprint density at radius 2 is 2.04 bits per heavy atom. The van der Waals surface area contributed by atoms with Crippen LogP contribution in [0.15, 0.2) is 42.5 Å². The van der Waals surface area contributed by atoms with Crippen molar-refractivity contribution in [1.29, 1.82) is 5.26 Å². The first-order chi connectivity index (χ1) is 11.1. The number of benzene rings is 2. The van der Waals surface area contributed by atoms with E-state index in [0.717, 1.165) is 22.3 Å². The molecule has 1 amide bonds. The molecule has 0 fully saturated rings. The van der Waals surface area contributed by atoms with E-state index in [-0.39, 0.29) is 5.91 Å². The molecule has 0 aliphatic carbocycles. The lowest BCUT2D eigenvalue weighted by Crippen LogP contribution is -2.13. The van der Waals surface area contributed by atoms with E-state index in [0.29, 0.717) is 16.8 Å². The van der Waals surface area contributed by atoms with Crippen LogP contribution in [-0.2, 0) is 0 Å². The molecule has 23 heavy (non-hydrogen) atoms. The van der Waals surface area contributed by atoms with Crippen molar-refractivity contribution in [2.45, 2.75) is 6.92 Å². The molecule has 5 heteroatoms. The predicted octanol–water partition coefficient (Wildman–Crippen LogP) is 3.61. The maximum absolute atomic E-state index is 12.7. The molecule has 1 heterocycles. The van der Waals surface area contributed by atoms with Gasteiger partial charge in [0.1, 0.15) is 11.8 Å². The van der Waals surface area contributed by atoms with Gasteiger partial charge >= 0.3 is 0 Å². The Morgan fingerprint density at radius 1 is 1.26 bits per heavy atom. The van der Waals surface area contributed by atoms with Gasteiger partial charge in [0.05, 0.1) is 29.4 Å². The maximum Gasteiger partial charge on any atom is 0.258 e. The molecular formula is C18H15N3O2. The molecule has 2 N–H and O–H groups in total. The summed E-state index contributed by atoms with van der Waals surface area (Å²) in [5, 5.41) is 12.8. The number of carbonyl (C=O) groups excluding carboxylic acids is 1. The van der Waals surface area contributed by atoms with Gasteiger partial charge in [-0.2, -0.15) is 5.26 Å². The van der Waals surface area contributed by atoms with Crippen LogP contribution in [0, 0.1) is 18.3 Å². The highest BCUT2D eigenvalue weighted by Crippen LogP contribution is 2.27. The normalized spacial score (nSPS) is 10.3. The molecule has 0 aliphatic heterocycles. The number of rotatable bonds is 3. The molecule has 0 spiro atoms. The van der Waals surface area contributed by atoms with Crippen LogP contribution in [0.5, 0.6) is 5.75 Å². The highest BCUT2D eigenvalue weighted by molar-refractivity contribution is 6.14. The number of aromatic amines is 1. The van der Waals surface area contributed by atoms with Gasteiger partial charge in [-0.15, -0.1) is 0 Å². The number of hydrogen-bond acceptors (Lipinski definition) is 3. The molecule has 3 rings (SSSR count). The van der Waals surface area contributed by atoms with Crippen molar-refractivity contribution in [3.63, 3.8) is 0 Å². The molecule has 0 bridgehead atoms. The summed E-state index contributed by atoms with van der Waals surface area (Å²) in [6.07, 6.45) is 0. The molecule has 114 valence electrons. The van der Waals surface area contributed by atoms with Gasteiger partial charge in [-0.05, 0) is 31.2 Å². The Bertz CT molecular complexity index is 935. The highest BCUT2D eigenvalue weighted by Gasteiger charge is 2.17. The summed E-state index contributed by atoms with van der Waals surface area (Å²) >= 11 is 0. The monoisotopic (exact) mass is 305 g/mol. The van der Waals surface area contributed by atoms with Crippen molar-refractivity contribution >= 4 is 22.5 Å². The fourth-order valence-electron chi connectivity index (χ4n) is 2.61. The van der Waals surface area contributed by atoms with Crippen LogP contribution in [-0.4, -0.2) is 18.0 Å². The Morgan fingerprint density at radius 3 is 2.78 bits per heavy atom. The van der Waals surface area contributed by atoms with Crippen LogP contribution in [0.1, 0.15) is 21.6 Å². The summed E-state index contributed by atoms with van der Waals surface area (Å²) in [5.41, 5.74) is 3.10. The first kappa shape index (κ1) is 14.7. The van der Waals surface area contributed by atoms with E-state index >= 15 is 0 Å². The summed E-state index contributed by atoms with van der Waals surface area (Å²) in [4.78, 5) is 15.9. The summed E-state index contributed by atoms with van der Waals surface area (Å²) in [7, 11) is 1.60. The molecule has 0 aliphatic rings. The zero-order chi connectivity index (χ0) is 16.4. The lowest BCUT2D eigenvalue weighted by atomic mass is 10.1. The van der Waals surface area contributed by atoms with Crippen molar-refractivity contribution in [2.24, 2.45) is 0 Å². The number of aryl methyl sites for hydroxylation is 1. The van der Waals surface area contributed by atoms with Gasteiger partial charge in [-0.1, -0.05) is 12.1 Å². The number of anilines is 1. The number of nitrogens with one attached hydrogen (secondary N) is 2. The number of nitrogens with zero attached hydrogens (tertiary/aromatic N) is 1. The Kier molecular flexibility index (Phi) is 3.73. The molecule has 0 saturated carbocycles. The fourth-order valence-corrected chi connectivity index (χ4v) is 2.61. The number of nitriles is 1. The van der Waals surface area contributed by atoms with Crippen LogP contribution in [0.3, 0.4) is 0 Å². The van der Waals surface area contributed by atoms with Gasteiger partial charge in [0.25, 0.3) is 5.91 Å². The second-order valence-corrected chi connectivity index (χ2v) is 5.15. The van der Waals surface area contributed by atoms with E-state index in [1.807, 2.05) is 25.1 Å². The molecule has 0 unspecified atom stereocenters. The van der Waals surface area contributed by atoms with E-state index in [9.17, 15) is 4.79 Å². The largest absolute Gasteiger partial charge is 0.497 e. The maximum atomic E-state index is 12.7. The van der Waals surface area contributed by atoms with E-state index in [1.165, 1.54) is 0 Å². The number of fused-ring (bicyclic) bond motifs is 1. The number of amides is 1. The van der Waals surface area contributed by atoms with Crippen LogP contribution >= 0.6 is 0 Å². The Labute approximate surface area is 133 Å². The van der Waals surface area contributed by atoms with Crippen molar-refractivity contribution < 1.29 is 9.53 Å². The minimum Gasteiger partial charge on any atom is -0.497 e. The van der Waals surface area contributed by atoms with E-state index < -0.39 is 0 Å². The van der Waals surface area contributed by atoms with E-state index in [2.05, 4.69) is 16.4 Å². The summed E-state index contributed by atoms with van der Waals surface area (Å²) < 4.78 is 5.20. The van der Waals surface area contributed by atoms with Crippen LogP contribution in [0.4, 0.5) is 5.69 Å². The smallest absolute Gasteiger partial charge is 0.258 e. The zero-order valence-electron chi connectivity index (χ0n) is 12.8. The Hall–Kier alpha value is -3.26. The average molecular weight is 305 g/mol. The molecule has 1 aromatic heterocycles. The van der Waals surface area contributed by atoms with E-state index in [4.69, 9.17) is 10.00 Å². The van der Waals surface area contributed by atoms with Crippen molar-refractivity contribution in [2.75, 3.05) is 12.4 Å². The summed E-state index contributed by atoms with van der Waals surface area (Å²) in [6, 6.07) is 14.5. The third-order valence-electron chi connectivity index (χ3n) is 3.72. The van der Waals surface area contributed by atoms with Crippen LogP contribution < -0.4 is 10.1 Å². The second-order valence-electron chi connectivity index (χ2n) is 5.15. The lowest BCUT2D eigenvalue weighted by molar-refractivity contribution is 0.102. The third kappa shape index (κ3) is 2.62. The molecule has 0 saturated heterocycles. The minimum atomic E-state index is -0.249. The number of carbonyl (C=O) groups is 1. The van der Waals surface area contributed by atoms with Gasteiger partial charge < -0.3 is 15.0 Å².